The van der Waals surface area contributed by atoms with Crippen molar-refractivity contribution >= 4 is 11.9 Å². The summed E-state index contributed by atoms with van der Waals surface area (Å²) in [5, 5.41) is 5.05. The van der Waals surface area contributed by atoms with Gasteiger partial charge in [0.25, 0.3) is 5.91 Å². The van der Waals surface area contributed by atoms with Crippen LogP contribution in [0.5, 0.6) is 11.5 Å². The lowest BCUT2D eigenvalue weighted by molar-refractivity contribution is -0.129. The number of carbonyl (C=O) groups excluding carboxylic acids is 2. The minimum absolute atomic E-state index is 0.0515. The molecule has 1 atom stereocenters. The fourth-order valence-corrected chi connectivity index (χ4v) is 3.06. The molecule has 1 saturated heterocycles. The molecule has 3 amide bonds. The van der Waals surface area contributed by atoms with Crippen molar-refractivity contribution in [2.75, 3.05) is 13.7 Å². The maximum atomic E-state index is 12.4. The van der Waals surface area contributed by atoms with E-state index in [9.17, 15) is 9.59 Å². The molecule has 2 aromatic rings. The van der Waals surface area contributed by atoms with Gasteiger partial charge < -0.3 is 14.8 Å². The van der Waals surface area contributed by atoms with Crippen LogP contribution < -0.4 is 20.1 Å². The Labute approximate surface area is 158 Å². The third-order valence-corrected chi connectivity index (χ3v) is 4.95. The molecule has 0 saturated carbocycles. The zero-order valence-corrected chi connectivity index (χ0v) is 16.0. The minimum Gasteiger partial charge on any atom is -0.497 e. The van der Waals surface area contributed by atoms with E-state index < -0.39 is 17.0 Å². The van der Waals surface area contributed by atoms with Gasteiger partial charge in [-0.3, -0.25) is 10.1 Å². The predicted molar refractivity (Wildman–Crippen MR) is 103 cm³/mol. The Morgan fingerprint density at radius 2 is 1.41 bits per heavy atom. The number of ether oxygens (including phenoxy) is 2. The average Bonchev–Trinajstić information content (AvgIpc) is 2.95. The molecule has 2 N–H and O–H groups in total. The highest BCUT2D eigenvalue weighted by atomic mass is 16.5. The number of imide groups is 1. The van der Waals surface area contributed by atoms with Crippen LogP contribution in [0.1, 0.15) is 20.8 Å². The fraction of sp³-hybridized carbons (Fsp3) is 0.333. The highest BCUT2D eigenvalue weighted by Gasteiger charge is 2.55. The molecule has 1 heterocycles. The molecule has 0 aromatic heterocycles. The number of hydrogen-bond donors (Lipinski definition) is 2. The van der Waals surface area contributed by atoms with E-state index in [1.165, 1.54) is 0 Å². The number of methoxy groups -OCH3 is 1. The van der Waals surface area contributed by atoms with Gasteiger partial charge in [0.1, 0.15) is 18.1 Å². The maximum Gasteiger partial charge on any atom is 0.322 e. The zero-order valence-electron chi connectivity index (χ0n) is 16.0. The maximum absolute atomic E-state index is 12.4. The Hall–Kier alpha value is -3.02. The summed E-state index contributed by atoms with van der Waals surface area (Å²) in [4.78, 5) is 24.0. The Morgan fingerprint density at radius 3 is 1.81 bits per heavy atom. The number of rotatable bonds is 5. The first kappa shape index (κ1) is 18.8. The van der Waals surface area contributed by atoms with E-state index >= 15 is 0 Å². The molecule has 27 heavy (non-hydrogen) atoms. The molecular weight excluding hydrogens is 344 g/mol. The summed E-state index contributed by atoms with van der Waals surface area (Å²) in [6.45, 7) is 5.74. The summed E-state index contributed by atoms with van der Waals surface area (Å²) < 4.78 is 11.0. The topological polar surface area (TPSA) is 76.7 Å². The molecule has 3 rings (SSSR count). The Morgan fingerprint density at radius 1 is 0.889 bits per heavy atom. The standard InChI is InChI=1S/C21H24N2O4/c1-20(2,3)21(18(24)22-19(25)23-21)13-27-17-11-7-15(8-12-17)14-5-9-16(26-4)10-6-14/h5-12H,13H2,1-4H3,(H2,22,23,24,25). The number of hydrogen-bond acceptors (Lipinski definition) is 4. The molecule has 1 aliphatic rings. The molecule has 0 radical (unpaired) electrons. The quantitative estimate of drug-likeness (QED) is 0.794. The second kappa shape index (κ2) is 6.95. The second-order valence-corrected chi connectivity index (χ2v) is 7.61. The van der Waals surface area contributed by atoms with Gasteiger partial charge in [0.15, 0.2) is 5.54 Å². The van der Waals surface area contributed by atoms with Crippen molar-refractivity contribution in [1.29, 1.82) is 0 Å². The van der Waals surface area contributed by atoms with Gasteiger partial charge in [-0.05, 0) is 40.8 Å². The Balaban J connectivity index is 1.74. The summed E-state index contributed by atoms with van der Waals surface area (Å²) in [5.41, 5.74) is 0.490. The van der Waals surface area contributed by atoms with E-state index in [1.807, 2.05) is 69.3 Å². The third kappa shape index (κ3) is 3.60. The van der Waals surface area contributed by atoms with Crippen molar-refractivity contribution in [3.63, 3.8) is 0 Å². The van der Waals surface area contributed by atoms with Crippen LogP contribution in [0.15, 0.2) is 48.5 Å². The van der Waals surface area contributed by atoms with Gasteiger partial charge in [0, 0.05) is 0 Å². The van der Waals surface area contributed by atoms with E-state index in [0.29, 0.717) is 5.75 Å². The van der Waals surface area contributed by atoms with Crippen molar-refractivity contribution in [2.45, 2.75) is 26.3 Å². The molecule has 1 aliphatic heterocycles. The van der Waals surface area contributed by atoms with Crippen molar-refractivity contribution in [2.24, 2.45) is 5.41 Å². The number of urea groups is 1. The second-order valence-electron chi connectivity index (χ2n) is 7.61. The first-order valence-corrected chi connectivity index (χ1v) is 8.76. The molecule has 6 nitrogen and oxygen atoms in total. The predicted octanol–water partition coefficient (Wildman–Crippen LogP) is 3.37. The Bertz CT molecular complexity index is 838. The van der Waals surface area contributed by atoms with Gasteiger partial charge in [-0.25, -0.2) is 4.79 Å². The molecule has 0 bridgehead atoms. The van der Waals surface area contributed by atoms with Crippen LogP contribution in [0.4, 0.5) is 4.79 Å². The molecule has 1 fully saturated rings. The van der Waals surface area contributed by atoms with E-state index in [2.05, 4.69) is 10.6 Å². The lowest BCUT2D eigenvalue weighted by atomic mass is 9.74. The molecule has 142 valence electrons. The molecule has 0 aliphatic carbocycles. The van der Waals surface area contributed by atoms with E-state index in [-0.39, 0.29) is 12.5 Å². The van der Waals surface area contributed by atoms with Gasteiger partial charge in [0.05, 0.1) is 7.11 Å². The molecule has 2 aromatic carbocycles. The molecule has 6 heteroatoms. The van der Waals surface area contributed by atoms with E-state index in [0.717, 1.165) is 16.9 Å². The van der Waals surface area contributed by atoms with Crippen LogP contribution in [0.2, 0.25) is 0 Å². The number of benzene rings is 2. The van der Waals surface area contributed by atoms with Crippen molar-refractivity contribution in [3.8, 4) is 22.6 Å². The SMILES string of the molecule is COc1ccc(-c2ccc(OCC3(C(C)(C)C)NC(=O)NC3=O)cc2)cc1. The zero-order chi connectivity index (χ0) is 19.7. The monoisotopic (exact) mass is 368 g/mol. The number of nitrogens with one attached hydrogen (secondary N) is 2. The van der Waals surface area contributed by atoms with Gasteiger partial charge in [-0.15, -0.1) is 0 Å². The highest BCUT2D eigenvalue weighted by Crippen LogP contribution is 2.34. The average molecular weight is 368 g/mol. The van der Waals surface area contributed by atoms with Crippen LogP contribution in [0, 0.1) is 5.41 Å². The largest absolute Gasteiger partial charge is 0.497 e. The fourth-order valence-electron chi connectivity index (χ4n) is 3.06. The first-order chi connectivity index (χ1) is 12.7. The number of amides is 3. The Kier molecular flexibility index (Phi) is 4.83. The van der Waals surface area contributed by atoms with Gasteiger partial charge in [-0.1, -0.05) is 45.0 Å². The van der Waals surface area contributed by atoms with Crippen molar-refractivity contribution in [1.82, 2.24) is 10.6 Å². The van der Waals surface area contributed by atoms with Crippen LogP contribution in [0.25, 0.3) is 11.1 Å². The van der Waals surface area contributed by atoms with Crippen LogP contribution in [-0.4, -0.2) is 31.2 Å². The van der Waals surface area contributed by atoms with Crippen LogP contribution in [0.3, 0.4) is 0 Å². The minimum atomic E-state index is -1.11. The van der Waals surface area contributed by atoms with Crippen molar-refractivity contribution in [3.05, 3.63) is 48.5 Å². The summed E-state index contributed by atoms with van der Waals surface area (Å²) >= 11 is 0. The van der Waals surface area contributed by atoms with Crippen LogP contribution in [-0.2, 0) is 4.79 Å². The molecule has 0 spiro atoms. The summed E-state index contributed by atoms with van der Waals surface area (Å²) in [7, 11) is 1.64. The van der Waals surface area contributed by atoms with Crippen molar-refractivity contribution < 1.29 is 19.1 Å². The number of carbonyl (C=O) groups is 2. The molecule has 1 unspecified atom stereocenters. The molecular formula is C21H24N2O4. The van der Waals surface area contributed by atoms with E-state index in [4.69, 9.17) is 9.47 Å². The van der Waals surface area contributed by atoms with Crippen LogP contribution >= 0.6 is 0 Å². The normalized spacial score (nSPS) is 19.4. The van der Waals surface area contributed by atoms with Gasteiger partial charge in [0.2, 0.25) is 0 Å². The lowest BCUT2D eigenvalue weighted by Gasteiger charge is -2.38. The van der Waals surface area contributed by atoms with E-state index in [1.54, 1.807) is 7.11 Å². The van der Waals surface area contributed by atoms with Gasteiger partial charge in [-0.2, -0.15) is 0 Å². The summed E-state index contributed by atoms with van der Waals surface area (Å²) in [5.74, 6) is 1.07. The first-order valence-electron chi connectivity index (χ1n) is 8.76. The van der Waals surface area contributed by atoms with Gasteiger partial charge >= 0.3 is 6.03 Å². The lowest BCUT2D eigenvalue weighted by Crippen LogP contribution is -2.60. The highest BCUT2D eigenvalue weighted by molar-refractivity contribution is 6.07. The summed E-state index contributed by atoms with van der Waals surface area (Å²) in [6, 6.07) is 14.9. The smallest absolute Gasteiger partial charge is 0.322 e. The third-order valence-electron chi connectivity index (χ3n) is 4.95. The summed E-state index contributed by atoms with van der Waals surface area (Å²) in [6.07, 6.45) is 0.